The molecule has 0 unspecified atom stereocenters. The number of rotatable bonds is 4. The minimum absolute atomic E-state index is 0.0315. The van der Waals surface area contributed by atoms with Crippen LogP contribution >= 0.6 is 11.6 Å². The molecular weight excluding hydrogens is 286 g/mol. The molecule has 4 heteroatoms. The van der Waals surface area contributed by atoms with E-state index in [0.717, 1.165) is 22.4 Å². The van der Waals surface area contributed by atoms with E-state index < -0.39 is 0 Å². The van der Waals surface area contributed by atoms with Gasteiger partial charge in [-0.2, -0.15) is 0 Å². The van der Waals surface area contributed by atoms with Crippen molar-refractivity contribution in [1.29, 1.82) is 0 Å². The molecular formula is C17H18ClNO2. The molecule has 2 rings (SSSR count). The minimum Gasteiger partial charge on any atom is -0.483 e. The van der Waals surface area contributed by atoms with E-state index in [4.69, 9.17) is 16.3 Å². The number of hydrogen-bond donors (Lipinski definition) is 1. The summed E-state index contributed by atoms with van der Waals surface area (Å²) in [6.07, 6.45) is 0. The van der Waals surface area contributed by atoms with Crippen LogP contribution < -0.4 is 10.1 Å². The van der Waals surface area contributed by atoms with Gasteiger partial charge in [0.15, 0.2) is 6.61 Å². The molecule has 0 aliphatic carbocycles. The summed E-state index contributed by atoms with van der Waals surface area (Å²) in [6, 6.07) is 11.1. The van der Waals surface area contributed by atoms with Gasteiger partial charge in [0, 0.05) is 10.7 Å². The highest BCUT2D eigenvalue weighted by Crippen LogP contribution is 2.23. The Morgan fingerprint density at radius 3 is 2.67 bits per heavy atom. The molecule has 0 bridgehead atoms. The SMILES string of the molecule is Cc1cc(C)c(C)c(OCC(=O)Nc2cccc(Cl)c2)c1. The normalized spacial score (nSPS) is 10.3. The number of nitrogens with one attached hydrogen (secondary N) is 1. The Hall–Kier alpha value is -2.00. The van der Waals surface area contributed by atoms with Crippen molar-refractivity contribution in [2.45, 2.75) is 20.8 Å². The number of ether oxygens (including phenoxy) is 1. The van der Waals surface area contributed by atoms with E-state index >= 15 is 0 Å². The zero-order valence-electron chi connectivity index (χ0n) is 12.4. The summed E-state index contributed by atoms with van der Waals surface area (Å²) in [5.74, 6) is 0.532. The van der Waals surface area contributed by atoms with Crippen LogP contribution in [0.25, 0.3) is 0 Å². The Kier molecular flexibility index (Phi) is 4.86. The molecule has 21 heavy (non-hydrogen) atoms. The first kappa shape index (κ1) is 15.4. The summed E-state index contributed by atoms with van der Waals surface area (Å²) in [5, 5.41) is 3.34. The van der Waals surface area contributed by atoms with Crippen molar-refractivity contribution >= 4 is 23.2 Å². The van der Waals surface area contributed by atoms with Crippen LogP contribution in [0.5, 0.6) is 5.75 Å². The van der Waals surface area contributed by atoms with E-state index in [2.05, 4.69) is 11.4 Å². The van der Waals surface area contributed by atoms with Gasteiger partial charge in [-0.3, -0.25) is 4.79 Å². The van der Waals surface area contributed by atoms with Gasteiger partial charge in [0.2, 0.25) is 0 Å². The lowest BCUT2D eigenvalue weighted by Gasteiger charge is -2.12. The molecule has 0 radical (unpaired) electrons. The highest BCUT2D eigenvalue weighted by molar-refractivity contribution is 6.30. The molecule has 0 saturated heterocycles. The number of halogens is 1. The van der Waals surface area contributed by atoms with Crippen molar-refractivity contribution in [3.05, 3.63) is 58.1 Å². The number of carbonyl (C=O) groups excluding carboxylic acids is 1. The summed E-state index contributed by atoms with van der Waals surface area (Å²) in [6.45, 7) is 5.99. The van der Waals surface area contributed by atoms with Gasteiger partial charge in [0.05, 0.1) is 0 Å². The van der Waals surface area contributed by atoms with Crippen LogP contribution in [0.1, 0.15) is 16.7 Å². The molecule has 3 nitrogen and oxygen atoms in total. The predicted molar refractivity (Wildman–Crippen MR) is 86.2 cm³/mol. The van der Waals surface area contributed by atoms with Crippen molar-refractivity contribution in [2.75, 3.05) is 11.9 Å². The van der Waals surface area contributed by atoms with E-state index in [1.165, 1.54) is 0 Å². The highest BCUT2D eigenvalue weighted by Gasteiger charge is 2.08. The molecule has 2 aromatic rings. The Morgan fingerprint density at radius 1 is 1.19 bits per heavy atom. The van der Waals surface area contributed by atoms with E-state index in [1.807, 2.05) is 26.8 Å². The average molecular weight is 304 g/mol. The second-order valence-electron chi connectivity index (χ2n) is 5.05. The number of benzene rings is 2. The number of amides is 1. The third-order valence-electron chi connectivity index (χ3n) is 3.23. The molecule has 0 aliphatic rings. The summed E-state index contributed by atoms with van der Waals surface area (Å²) in [5.41, 5.74) is 3.98. The fourth-order valence-electron chi connectivity index (χ4n) is 2.06. The third-order valence-corrected chi connectivity index (χ3v) is 3.47. The van der Waals surface area contributed by atoms with Gasteiger partial charge in [-0.1, -0.05) is 23.7 Å². The zero-order valence-corrected chi connectivity index (χ0v) is 13.1. The second kappa shape index (κ2) is 6.64. The summed E-state index contributed by atoms with van der Waals surface area (Å²) in [7, 11) is 0. The topological polar surface area (TPSA) is 38.3 Å². The molecule has 0 aliphatic heterocycles. The number of anilines is 1. The first-order valence-corrected chi connectivity index (χ1v) is 7.09. The fraction of sp³-hybridized carbons (Fsp3) is 0.235. The second-order valence-corrected chi connectivity index (χ2v) is 5.49. The smallest absolute Gasteiger partial charge is 0.262 e. The molecule has 0 saturated carbocycles. The molecule has 110 valence electrons. The minimum atomic E-state index is -0.212. The van der Waals surface area contributed by atoms with Crippen molar-refractivity contribution < 1.29 is 9.53 Å². The maximum Gasteiger partial charge on any atom is 0.262 e. The van der Waals surface area contributed by atoms with E-state index in [1.54, 1.807) is 24.3 Å². The first-order valence-electron chi connectivity index (χ1n) is 6.72. The quantitative estimate of drug-likeness (QED) is 0.915. The Bertz CT molecular complexity index is 668. The van der Waals surface area contributed by atoms with Gasteiger partial charge in [0.25, 0.3) is 5.91 Å². The number of carbonyl (C=O) groups is 1. The van der Waals surface area contributed by atoms with Crippen LogP contribution in [0.2, 0.25) is 5.02 Å². The summed E-state index contributed by atoms with van der Waals surface area (Å²) in [4.78, 5) is 11.9. The number of aryl methyl sites for hydroxylation is 2. The van der Waals surface area contributed by atoms with Gasteiger partial charge < -0.3 is 10.1 Å². The van der Waals surface area contributed by atoms with E-state index in [0.29, 0.717) is 10.7 Å². The number of hydrogen-bond acceptors (Lipinski definition) is 2. The molecule has 1 N–H and O–H groups in total. The van der Waals surface area contributed by atoms with Crippen LogP contribution in [0.15, 0.2) is 36.4 Å². The fourth-order valence-corrected chi connectivity index (χ4v) is 2.25. The predicted octanol–water partition coefficient (Wildman–Crippen LogP) is 4.28. The first-order chi connectivity index (χ1) is 9.95. The van der Waals surface area contributed by atoms with Crippen molar-refractivity contribution in [3.63, 3.8) is 0 Å². The van der Waals surface area contributed by atoms with Gasteiger partial charge in [-0.05, 0) is 61.7 Å². The molecule has 0 aromatic heterocycles. The van der Waals surface area contributed by atoms with Crippen LogP contribution in [-0.4, -0.2) is 12.5 Å². The van der Waals surface area contributed by atoms with Crippen LogP contribution in [0.4, 0.5) is 5.69 Å². The lowest BCUT2D eigenvalue weighted by molar-refractivity contribution is -0.118. The standard InChI is InChI=1S/C17H18ClNO2/c1-11-7-12(2)13(3)16(8-11)21-10-17(20)19-15-6-4-5-14(18)9-15/h4-9H,10H2,1-3H3,(H,19,20). The van der Waals surface area contributed by atoms with E-state index in [-0.39, 0.29) is 12.5 Å². The molecule has 0 spiro atoms. The molecule has 0 atom stereocenters. The Morgan fingerprint density at radius 2 is 1.95 bits per heavy atom. The Labute approximate surface area is 129 Å². The monoisotopic (exact) mass is 303 g/mol. The summed E-state index contributed by atoms with van der Waals surface area (Å²) >= 11 is 5.87. The van der Waals surface area contributed by atoms with Crippen molar-refractivity contribution in [3.8, 4) is 5.75 Å². The van der Waals surface area contributed by atoms with Crippen molar-refractivity contribution in [2.24, 2.45) is 0 Å². The largest absolute Gasteiger partial charge is 0.483 e. The van der Waals surface area contributed by atoms with Gasteiger partial charge in [-0.15, -0.1) is 0 Å². The molecule has 0 fully saturated rings. The lowest BCUT2D eigenvalue weighted by Crippen LogP contribution is -2.20. The van der Waals surface area contributed by atoms with Gasteiger partial charge >= 0.3 is 0 Å². The summed E-state index contributed by atoms with van der Waals surface area (Å²) < 4.78 is 5.62. The van der Waals surface area contributed by atoms with Crippen LogP contribution in [0.3, 0.4) is 0 Å². The average Bonchev–Trinajstić information content (AvgIpc) is 2.41. The van der Waals surface area contributed by atoms with Gasteiger partial charge in [0.1, 0.15) is 5.75 Å². The van der Waals surface area contributed by atoms with Crippen LogP contribution in [0, 0.1) is 20.8 Å². The zero-order chi connectivity index (χ0) is 15.4. The molecule has 1 amide bonds. The molecule has 0 heterocycles. The lowest BCUT2D eigenvalue weighted by atomic mass is 10.1. The molecule has 2 aromatic carbocycles. The maximum absolute atomic E-state index is 11.9. The maximum atomic E-state index is 11.9. The third kappa shape index (κ3) is 4.23. The van der Waals surface area contributed by atoms with Crippen LogP contribution in [-0.2, 0) is 4.79 Å². The highest BCUT2D eigenvalue weighted by atomic mass is 35.5. The van der Waals surface area contributed by atoms with E-state index in [9.17, 15) is 4.79 Å². The van der Waals surface area contributed by atoms with Gasteiger partial charge in [-0.25, -0.2) is 0 Å². The van der Waals surface area contributed by atoms with Crippen molar-refractivity contribution in [1.82, 2.24) is 0 Å². The Balaban J connectivity index is 1.98.